The van der Waals surface area contributed by atoms with E-state index in [-0.39, 0.29) is 28.4 Å². The minimum absolute atomic E-state index is 0.00911. The summed E-state index contributed by atoms with van der Waals surface area (Å²) < 4.78 is 41.1. The fraction of sp³-hybridized carbons (Fsp3) is 0.565. The molecule has 3 heterocycles. The topological polar surface area (TPSA) is 78.4 Å². The molecule has 2 aromatic rings. The first-order chi connectivity index (χ1) is 15.7. The zero-order valence-corrected chi connectivity index (χ0v) is 19.6. The van der Waals surface area contributed by atoms with Crippen molar-refractivity contribution in [3.63, 3.8) is 0 Å². The lowest BCUT2D eigenvalue weighted by molar-refractivity contribution is 0.0619. The van der Waals surface area contributed by atoms with Crippen molar-refractivity contribution in [2.24, 2.45) is 5.41 Å². The molecular weight excluding hydrogens is 470 g/mol. The van der Waals surface area contributed by atoms with E-state index in [1.807, 2.05) is 17.0 Å². The number of anilines is 2. The summed E-state index contributed by atoms with van der Waals surface area (Å²) in [6.45, 7) is 1.43. The predicted octanol–water partition coefficient (Wildman–Crippen LogP) is 4.10. The van der Waals surface area contributed by atoms with E-state index in [1.54, 1.807) is 0 Å². The van der Waals surface area contributed by atoms with Gasteiger partial charge in [0.25, 0.3) is 0 Å². The van der Waals surface area contributed by atoms with Gasteiger partial charge in [-0.25, -0.2) is 9.19 Å². The van der Waals surface area contributed by atoms with Gasteiger partial charge in [0.1, 0.15) is 21.5 Å². The molecule has 1 spiro atoms. The number of alkyl halides is 2. The van der Waals surface area contributed by atoms with E-state index in [0.29, 0.717) is 11.9 Å². The molecule has 2 saturated carbocycles. The molecule has 176 valence electrons. The summed E-state index contributed by atoms with van der Waals surface area (Å²) >= 11 is 6.00. The van der Waals surface area contributed by atoms with Crippen LogP contribution in [0.3, 0.4) is 0 Å². The van der Waals surface area contributed by atoms with Crippen LogP contribution in [-0.2, 0) is 17.2 Å². The van der Waals surface area contributed by atoms with Crippen LogP contribution in [0.25, 0.3) is 0 Å². The van der Waals surface area contributed by atoms with Crippen LogP contribution in [0, 0.1) is 5.41 Å². The molecule has 1 saturated heterocycles. The number of benzene rings is 1. The van der Waals surface area contributed by atoms with E-state index >= 15 is 0 Å². The quantitative estimate of drug-likeness (QED) is 0.651. The molecule has 2 aliphatic heterocycles. The van der Waals surface area contributed by atoms with Gasteiger partial charge in [0, 0.05) is 23.5 Å². The normalized spacial score (nSPS) is 26.3. The maximum Gasteiger partial charge on any atom is 0.331 e. The van der Waals surface area contributed by atoms with Gasteiger partial charge >= 0.3 is 5.25 Å². The van der Waals surface area contributed by atoms with Crippen molar-refractivity contribution >= 4 is 34.2 Å². The minimum atomic E-state index is -3.35. The van der Waals surface area contributed by atoms with Crippen LogP contribution >= 0.6 is 11.6 Å². The Hall–Kier alpha value is -1.84. The van der Waals surface area contributed by atoms with E-state index in [0.717, 1.165) is 50.2 Å². The Morgan fingerprint density at radius 3 is 2.48 bits per heavy atom. The molecule has 4 aliphatic rings. The van der Waals surface area contributed by atoms with Gasteiger partial charge in [0.05, 0.1) is 24.3 Å². The Morgan fingerprint density at radius 2 is 1.88 bits per heavy atom. The number of nitrogens with zero attached hydrogens (tertiary/aromatic N) is 3. The highest BCUT2D eigenvalue weighted by Gasteiger charge is 2.54. The Bertz CT molecular complexity index is 1120. The smallest absolute Gasteiger partial charge is 0.331 e. The number of nitrogens with one attached hydrogen (secondary N) is 1. The summed E-state index contributed by atoms with van der Waals surface area (Å²) in [5.74, 6) is 1.10. The molecular formula is C23H25ClF2N4O2S. The first-order valence-corrected chi connectivity index (χ1v) is 12.8. The lowest BCUT2D eigenvalue weighted by Gasteiger charge is -2.59. The molecule has 1 unspecified atom stereocenters. The summed E-state index contributed by atoms with van der Waals surface area (Å²) in [5, 5.41) is 10.4. The highest BCUT2D eigenvalue weighted by atomic mass is 35.5. The van der Waals surface area contributed by atoms with E-state index in [9.17, 15) is 18.1 Å². The number of halogens is 3. The second kappa shape index (κ2) is 7.33. The fourth-order valence-electron chi connectivity index (χ4n) is 5.73. The first-order valence-electron chi connectivity index (χ1n) is 11.3. The molecule has 6 rings (SSSR count). The van der Waals surface area contributed by atoms with Crippen molar-refractivity contribution in [3.05, 3.63) is 40.5 Å². The van der Waals surface area contributed by atoms with Crippen molar-refractivity contribution in [1.29, 1.82) is 0 Å². The molecule has 0 amide bonds. The van der Waals surface area contributed by atoms with Gasteiger partial charge in [-0.15, -0.1) is 0 Å². The molecule has 2 aliphatic carbocycles. The third-order valence-corrected chi connectivity index (χ3v) is 9.52. The second-order valence-electron chi connectivity index (χ2n) is 10.2. The number of hydrogen-bond donors (Lipinski definition) is 2. The van der Waals surface area contributed by atoms with E-state index in [1.165, 1.54) is 5.56 Å². The number of rotatable bonds is 5. The average Bonchev–Trinajstić information content (AvgIpc) is 2.92. The molecule has 0 radical (unpaired) electrons. The molecule has 3 fully saturated rings. The van der Waals surface area contributed by atoms with Gasteiger partial charge in [0.2, 0.25) is 5.95 Å². The van der Waals surface area contributed by atoms with E-state index in [4.69, 9.17) is 11.6 Å². The minimum Gasteiger partial charge on any atom is -0.394 e. The third-order valence-electron chi connectivity index (χ3n) is 7.79. The number of aromatic nitrogens is 2. The van der Waals surface area contributed by atoms with Crippen LogP contribution in [0.15, 0.2) is 29.2 Å². The molecule has 1 aromatic carbocycles. The maximum atomic E-state index is 14.3. The Labute approximate surface area is 198 Å². The molecule has 10 heteroatoms. The standard InChI is InChI=1S/C23H25ClF2N4O2S/c24-16-4-2-14(3-5-16)15-8-21(9-15)11-30(12-21)20-27-17-10-23(25,26)33(32)18(17)19(28-20)29-22(13-31)6-1-7-22/h2-5,15,31H,1,6-13H2,(H,27,28,29). The van der Waals surface area contributed by atoms with Crippen LogP contribution in [0.2, 0.25) is 5.02 Å². The fourth-order valence-corrected chi connectivity index (χ4v) is 7.03. The summed E-state index contributed by atoms with van der Waals surface area (Å²) in [6.07, 6.45) is 3.87. The van der Waals surface area contributed by atoms with E-state index in [2.05, 4.69) is 27.4 Å². The average molecular weight is 495 g/mol. The highest BCUT2D eigenvalue weighted by molar-refractivity contribution is 7.86. The lowest BCUT2D eigenvalue weighted by atomic mass is 9.56. The van der Waals surface area contributed by atoms with Gasteiger partial charge in [-0.2, -0.15) is 13.8 Å². The van der Waals surface area contributed by atoms with Crippen LogP contribution in [0.1, 0.15) is 49.3 Å². The summed E-state index contributed by atoms with van der Waals surface area (Å²) in [5.41, 5.74) is 1.06. The third kappa shape index (κ3) is 3.46. The number of fused-ring (bicyclic) bond motifs is 1. The van der Waals surface area contributed by atoms with Crippen LogP contribution in [-0.4, -0.2) is 49.8 Å². The summed E-state index contributed by atoms with van der Waals surface area (Å²) in [4.78, 5) is 11.0. The monoisotopic (exact) mass is 494 g/mol. The van der Waals surface area contributed by atoms with Gasteiger partial charge < -0.3 is 15.3 Å². The largest absolute Gasteiger partial charge is 0.394 e. The lowest BCUT2D eigenvalue weighted by Crippen LogP contribution is -2.62. The van der Waals surface area contributed by atoms with E-state index < -0.39 is 28.0 Å². The zero-order valence-electron chi connectivity index (χ0n) is 18.0. The van der Waals surface area contributed by atoms with Gasteiger partial charge in [-0.05, 0) is 55.7 Å². The first kappa shape index (κ1) is 21.7. The summed E-state index contributed by atoms with van der Waals surface area (Å²) in [6, 6.07) is 8.00. The Morgan fingerprint density at radius 1 is 1.18 bits per heavy atom. The molecule has 1 aromatic heterocycles. The SMILES string of the molecule is O=S1c2c(nc(N3CC4(CC(c5ccc(Cl)cc5)C4)C3)nc2NC2(CO)CCC2)CC1(F)F. The Kier molecular flexibility index (Phi) is 4.81. The number of aliphatic hydroxyl groups is 1. The van der Waals surface area contributed by atoms with Gasteiger partial charge in [-0.1, -0.05) is 23.7 Å². The number of hydrogen-bond acceptors (Lipinski definition) is 6. The molecule has 1 atom stereocenters. The second-order valence-corrected chi connectivity index (χ2v) is 12.1. The molecule has 0 bridgehead atoms. The van der Waals surface area contributed by atoms with Crippen LogP contribution in [0.5, 0.6) is 0 Å². The van der Waals surface area contributed by atoms with Crippen molar-refractivity contribution in [1.82, 2.24) is 9.97 Å². The highest BCUT2D eigenvalue weighted by Crippen LogP contribution is 2.57. The van der Waals surface area contributed by atoms with Gasteiger partial charge in [-0.3, -0.25) is 0 Å². The van der Waals surface area contributed by atoms with Crippen LogP contribution < -0.4 is 10.2 Å². The predicted molar refractivity (Wildman–Crippen MR) is 122 cm³/mol. The van der Waals surface area contributed by atoms with Crippen LogP contribution in [0.4, 0.5) is 20.5 Å². The van der Waals surface area contributed by atoms with Crippen molar-refractivity contribution in [2.75, 3.05) is 29.9 Å². The van der Waals surface area contributed by atoms with Crippen molar-refractivity contribution in [3.8, 4) is 0 Å². The zero-order chi connectivity index (χ0) is 23.0. The number of aliphatic hydroxyl groups excluding tert-OH is 1. The Balaban J connectivity index is 1.22. The molecule has 2 N–H and O–H groups in total. The molecule has 6 nitrogen and oxygen atoms in total. The van der Waals surface area contributed by atoms with Gasteiger partial charge in [0.15, 0.2) is 0 Å². The maximum absolute atomic E-state index is 14.3. The van der Waals surface area contributed by atoms with Crippen molar-refractivity contribution in [2.45, 2.75) is 60.1 Å². The molecule has 33 heavy (non-hydrogen) atoms. The van der Waals surface area contributed by atoms with Crippen molar-refractivity contribution < 1.29 is 18.1 Å². The summed E-state index contributed by atoms with van der Waals surface area (Å²) in [7, 11) is -2.50.